The molecule has 140 valence electrons. The number of benzene rings is 1. The quantitative estimate of drug-likeness (QED) is 0.726. The minimum Gasteiger partial charge on any atom is -0.472 e. The molecule has 2 aromatic heterocycles. The molecular weight excluding hydrogens is 344 g/mol. The smallest absolute Gasteiger partial charge is 0.257 e. The molecule has 0 bridgehead atoms. The molecule has 1 aliphatic heterocycles. The van der Waals surface area contributed by atoms with Crippen LogP contribution in [0.4, 0.5) is 0 Å². The molecule has 1 aromatic carbocycles. The number of aromatic nitrogens is 2. The van der Waals surface area contributed by atoms with Crippen LogP contribution in [0.3, 0.4) is 0 Å². The molecule has 0 saturated carbocycles. The maximum Gasteiger partial charge on any atom is 0.257 e. The Labute approximate surface area is 156 Å². The van der Waals surface area contributed by atoms with Crippen molar-refractivity contribution in [1.82, 2.24) is 20.2 Å². The fourth-order valence-corrected chi connectivity index (χ4v) is 3.45. The summed E-state index contributed by atoms with van der Waals surface area (Å²) in [4.78, 5) is 34.1. The molecule has 0 spiro atoms. The van der Waals surface area contributed by atoms with Gasteiger partial charge in [0, 0.05) is 32.0 Å². The van der Waals surface area contributed by atoms with Crippen molar-refractivity contribution in [1.29, 1.82) is 0 Å². The summed E-state index contributed by atoms with van der Waals surface area (Å²) in [6, 6.07) is 9.62. The molecule has 0 unspecified atom stereocenters. The average molecular weight is 366 g/mol. The Kier molecular flexibility index (Phi) is 4.91. The first-order valence-corrected chi connectivity index (χ1v) is 9.23. The summed E-state index contributed by atoms with van der Waals surface area (Å²) in [7, 11) is 0. The molecule has 0 atom stereocenters. The number of carbonyl (C=O) groups excluding carboxylic acids is 2. The monoisotopic (exact) mass is 366 g/mol. The Morgan fingerprint density at radius 2 is 2.04 bits per heavy atom. The van der Waals surface area contributed by atoms with Gasteiger partial charge in [0.15, 0.2) is 0 Å². The van der Waals surface area contributed by atoms with Crippen molar-refractivity contribution < 1.29 is 14.0 Å². The number of rotatable bonds is 5. The van der Waals surface area contributed by atoms with Crippen LogP contribution in [0.25, 0.3) is 11.0 Å². The highest BCUT2D eigenvalue weighted by Crippen LogP contribution is 2.15. The van der Waals surface area contributed by atoms with Crippen LogP contribution in [0.15, 0.2) is 47.3 Å². The van der Waals surface area contributed by atoms with Gasteiger partial charge in [0.2, 0.25) is 5.91 Å². The second-order valence-corrected chi connectivity index (χ2v) is 6.85. The zero-order valence-corrected chi connectivity index (χ0v) is 15.0. The average Bonchev–Trinajstić information content (AvgIpc) is 3.36. The zero-order valence-electron chi connectivity index (χ0n) is 15.0. The van der Waals surface area contributed by atoms with Crippen LogP contribution in [0.2, 0.25) is 0 Å². The lowest BCUT2D eigenvalue weighted by molar-refractivity contribution is -0.122. The van der Waals surface area contributed by atoms with Gasteiger partial charge in [-0.05, 0) is 31.0 Å². The summed E-state index contributed by atoms with van der Waals surface area (Å²) in [6.07, 6.45) is 5.47. The lowest BCUT2D eigenvalue weighted by Crippen LogP contribution is -2.46. The Bertz CT molecular complexity index is 891. The highest BCUT2D eigenvalue weighted by molar-refractivity contribution is 5.93. The molecule has 7 heteroatoms. The molecule has 27 heavy (non-hydrogen) atoms. The molecule has 1 saturated heterocycles. The first-order valence-electron chi connectivity index (χ1n) is 9.23. The predicted molar refractivity (Wildman–Crippen MR) is 100 cm³/mol. The van der Waals surface area contributed by atoms with Crippen LogP contribution in [0, 0.1) is 0 Å². The number of hydrogen-bond acceptors (Lipinski definition) is 4. The maximum absolute atomic E-state index is 12.3. The molecule has 2 N–H and O–H groups in total. The van der Waals surface area contributed by atoms with E-state index in [1.54, 1.807) is 6.07 Å². The van der Waals surface area contributed by atoms with Crippen LogP contribution in [-0.2, 0) is 11.2 Å². The van der Waals surface area contributed by atoms with Crippen molar-refractivity contribution in [3.63, 3.8) is 0 Å². The van der Waals surface area contributed by atoms with Crippen molar-refractivity contribution in [3.8, 4) is 0 Å². The molecule has 3 heterocycles. The summed E-state index contributed by atoms with van der Waals surface area (Å²) in [5, 5.41) is 3.08. The number of nitrogens with one attached hydrogen (secondary N) is 2. The first kappa shape index (κ1) is 17.3. The van der Waals surface area contributed by atoms with Crippen LogP contribution < -0.4 is 5.32 Å². The number of imidazole rings is 1. The van der Waals surface area contributed by atoms with E-state index in [2.05, 4.69) is 15.3 Å². The number of hydrogen-bond donors (Lipinski definition) is 2. The third kappa shape index (κ3) is 4.02. The van der Waals surface area contributed by atoms with E-state index >= 15 is 0 Å². The van der Waals surface area contributed by atoms with E-state index in [9.17, 15) is 9.59 Å². The number of nitrogens with zero attached hydrogens (tertiary/aromatic N) is 2. The normalized spacial score (nSPS) is 15.2. The van der Waals surface area contributed by atoms with Crippen molar-refractivity contribution in [2.75, 3.05) is 13.1 Å². The number of furan rings is 1. The molecule has 4 rings (SSSR count). The number of aromatic amines is 1. The molecule has 1 fully saturated rings. The second-order valence-electron chi connectivity index (χ2n) is 6.85. The van der Waals surface area contributed by atoms with E-state index in [-0.39, 0.29) is 17.9 Å². The van der Waals surface area contributed by atoms with Crippen LogP contribution in [0.1, 0.15) is 35.4 Å². The Hall–Kier alpha value is -3.09. The topological polar surface area (TPSA) is 91.2 Å². The molecule has 1 aliphatic rings. The molecule has 7 nitrogen and oxygen atoms in total. The number of amides is 2. The van der Waals surface area contributed by atoms with E-state index in [0.717, 1.165) is 29.7 Å². The van der Waals surface area contributed by atoms with E-state index in [0.29, 0.717) is 31.5 Å². The Balaban J connectivity index is 1.23. The van der Waals surface area contributed by atoms with Crippen molar-refractivity contribution >= 4 is 22.8 Å². The lowest BCUT2D eigenvalue weighted by Gasteiger charge is -2.32. The second kappa shape index (κ2) is 7.65. The summed E-state index contributed by atoms with van der Waals surface area (Å²) < 4.78 is 4.97. The van der Waals surface area contributed by atoms with E-state index in [1.165, 1.54) is 12.5 Å². The fraction of sp³-hybridized carbons (Fsp3) is 0.350. The Morgan fingerprint density at radius 3 is 2.78 bits per heavy atom. The van der Waals surface area contributed by atoms with Gasteiger partial charge in [0.25, 0.3) is 5.91 Å². The predicted octanol–water partition coefficient (Wildman–Crippen LogP) is 2.51. The van der Waals surface area contributed by atoms with Gasteiger partial charge in [0.05, 0.1) is 22.9 Å². The maximum atomic E-state index is 12.3. The summed E-state index contributed by atoms with van der Waals surface area (Å²) in [5.41, 5.74) is 2.48. The number of para-hydroxylation sites is 2. The summed E-state index contributed by atoms with van der Waals surface area (Å²) in [5.74, 6) is 0.834. The number of H-pyrrole nitrogens is 1. The van der Waals surface area contributed by atoms with Gasteiger partial charge >= 0.3 is 0 Å². The van der Waals surface area contributed by atoms with Gasteiger partial charge in [-0.1, -0.05) is 12.1 Å². The van der Waals surface area contributed by atoms with E-state index < -0.39 is 0 Å². The zero-order chi connectivity index (χ0) is 18.6. The van der Waals surface area contributed by atoms with Gasteiger partial charge in [-0.2, -0.15) is 0 Å². The standard InChI is InChI=1S/C20H22N4O3/c25-19(6-5-18-22-16-3-1-2-4-17(16)23-18)21-15-7-10-24(11-8-15)20(26)14-9-12-27-13-14/h1-4,9,12-13,15H,5-8,10-11H2,(H,21,25)(H,22,23). The third-order valence-electron chi connectivity index (χ3n) is 4.94. The minimum absolute atomic E-state index is 0.0154. The van der Waals surface area contributed by atoms with Gasteiger partial charge in [-0.15, -0.1) is 0 Å². The van der Waals surface area contributed by atoms with E-state index in [4.69, 9.17) is 4.42 Å². The lowest BCUT2D eigenvalue weighted by atomic mass is 10.0. The van der Waals surface area contributed by atoms with Gasteiger partial charge < -0.3 is 19.6 Å². The summed E-state index contributed by atoms with van der Waals surface area (Å²) in [6.45, 7) is 1.27. The molecule has 0 radical (unpaired) electrons. The Morgan fingerprint density at radius 1 is 1.22 bits per heavy atom. The van der Waals surface area contributed by atoms with Crippen molar-refractivity contribution in [3.05, 3.63) is 54.2 Å². The van der Waals surface area contributed by atoms with Crippen molar-refractivity contribution in [2.24, 2.45) is 0 Å². The van der Waals surface area contributed by atoms with Crippen LogP contribution in [-0.4, -0.2) is 45.8 Å². The number of aryl methyl sites for hydroxylation is 1. The highest BCUT2D eigenvalue weighted by atomic mass is 16.3. The minimum atomic E-state index is -0.0154. The number of carbonyl (C=O) groups is 2. The summed E-state index contributed by atoms with van der Waals surface area (Å²) >= 11 is 0. The molecular formula is C20H22N4O3. The number of fused-ring (bicyclic) bond motifs is 1. The largest absolute Gasteiger partial charge is 0.472 e. The fourth-order valence-electron chi connectivity index (χ4n) is 3.45. The number of likely N-dealkylation sites (tertiary alicyclic amines) is 1. The molecule has 0 aliphatic carbocycles. The van der Waals surface area contributed by atoms with Gasteiger partial charge in [-0.25, -0.2) is 4.98 Å². The third-order valence-corrected chi connectivity index (χ3v) is 4.94. The highest BCUT2D eigenvalue weighted by Gasteiger charge is 2.25. The van der Waals surface area contributed by atoms with Crippen molar-refractivity contribution in [2.45, 2.75) is 31.7 Å². The van der Waals surface area contributed by atoms with Gasteiger partial charge in [-0.3, -0.25) is 9.59 Å². The van der Waals surface area contributed by atoms with Gasteiger partial charge in [0.1, 0.15) is 12.1 Å². The van der Waals surface area contributed by atoms with Crippen LogP contribution >= 0.6 is 0 Å². The SMILES string of the molecule is O=C(CCc1nc2ccccc2[nH]1)NC1CCN(C(=O)c2ccoc2)CC1. The number of piperidine rings is 1. The van der Waals surface area contributed by atoms with E-state index in [1.807, 2.05) is 29.2 Å². The first-order chi connectivity index (χ1) is 13.2. The molecule has 2 amide bonds. The van der Waals surface area contributed by atoms with Crippen LogP contribution in [0.5, 0.6) is 0 Å². The molecule has 3 aromatic rings.